The van der Waals surface area contributed by atoms with E-state index in [-0.39, 0.29) is 5.91 Å². The van der Waals surface area contributed by atoms with E-state index in [1.54, 1.807) is 0 Å². The van der Waals surface area contributed by atoms with Gasteiger partial charge in [-0.2, -0.15) is 0 Å². The second-order valence-electron chi connectivity index (χ2n) is 7.96. The Hall–Kier alpha value is -3.02. The van der Waals surface area contributed by atoms with E-state index in [1.165, 1.54) is 0 Å². The van der Waals surface area contributed by atoms with Crippen LogP contribution >= 0.6 is 0 Å². The molecule has 6 nitrogen and oxygen atoms in total. The van der Waals surface area contributed by atoms with Crippen LogP contribution in [0.2, 0.25) is 0 Å². The number of benzene rings is 1. The number of aryl methyl sites for hydroxylation is 1. The Morgan fingerprint density at radius 2 is 1.93 bits per heavy atom. The van der Waals surface area contributed by atoms with Crippen molar-refractivity contribution in [2.24, 2.45) is 0 Å². The molecule has 2 aliphatic rings. The molecule has 0 bridgehead atoms. The number of amides is 1. The number of carbonyl (C=O) groups excluding carboxylic acids is 1. The summed E-state index contributed by atoms with van der Waals surface area (Å²) in [6.07, 6.45) is 5.80. The van der Waals surface area contributed by atoms with Gasteiger partial charge in [-0.05, 0) is 49.6 Å². The van der Waals surface area contributed by atoms with Crippen LogP contribution in [0.25, 0.3) is 5.65 Å². The van der Waals surface area contributed by atoms with Crippen LogP contribution in [0.1, 0.15) is 42.6 Å². The molecule has 3 heterocycles. The molecule has 0 unspecified atom stereocenters. The van der Waals surface area contributed by atoms with Crippen molar-refractivity contribution in [1.29, 1.82) is 0 Å². The molecule has 1 aliphatic heterocycles. The lowest BCUT2D eigenvalue weighted by molar-refractivity contribution is -0.126. The Morgan fingerprint density at radius 3 is 2.72 bits per heavy atom. The Labute approximate surface area is 169 Å². The Morgan fingerprint density at radius 1 is 1.14 bits per heavy atom. The molecule has 0 radical (unpaired) electrons. The van der Waals surface area contributed by atoms with Gasteiger partial charge in [-0.3, -0.25) is 4.79 Å². The van der Waals surface area contributed by atoms with Crippen LogP contribution in [0.15, 0.2) is 42.6 Å². The van der Waals surface area contributed by atoms with Crippen molar-refractivity contribution in [3.05, 3.63) is 59.5 Å². The molecule has 1 aromatic carbocycles. The maximum Gasteiger partial charge on any atom is 0.230 e. The van der Waals surface area contributed by atoms with E-state index in [1.807, 2.05) is 53.9 Å². The van der Waals surface area contributed by atoms with Gasteiger partial charge < -0.3 is 19.2 Å². The summed E-state index contributed by atoms with van der Waals surface area (Å²) in [5.74, 6) is 1.57. The van der Waals surface area contributed by atoms with E-state index in [2.05, 4.69) is 10.3 Å². The predicted molar refractivity (Wildman–Crippen MR) is 109 cm³/mol. The first-order chi connectivity index (χ1) is 14.2. The van der Waals surface area contributed by atoms with Crippen LogP contribution in [0.4, 0.5) is 0 Å². The number of hydrogen-bond donors (Lipinski definition) is 1. The summed E-state index contributed by atoms with van der Waals surface area (Å²) in [7, 11) is 0. The van der Waals surface area contributed by atoms with Gasteiger partial charge in [0.1, 0.15) is 18.9 Å². The fourth-order valence-electron chi connectivity index (χ4n) is 4.59. The van der Waals surface area contributed by atoms with Gasteiger partial charge in [0.2, 0.25) is 5.91 Å². The number of pyridine rings is 1. The molecule has 0 atom stereocenters. The van der Waals surface area contributed by atoms with Gasteiger partial charge >= 0.3 is 0 Å². The summed E-state index contributed by atoms with van der Waals surface area (Å²) in [6.45, 7) is 3.58. The third-order valence-electron chi connectivity index (χ3n) is 6.16. The molecule has 1 saturated carbocycles. The van der Waals surface area contributed by atoms with Crippen LogP contribution in [-0.4, -0.2) is 28.5 Å². The molecule has 1 amide bonds. The topological polar surface area (TPSA) is 64.9 Å². The minimum Gasteiger partial charge on any atom is -0.486 e. The molecule has 6 heteroatoms. The van der Waals surface area contributed by atoms with Crippen LogP contribution < -0.4 is 14.8 Å². The average molecular weight is 391 g/mol. The maximum atomic E-state index is 13.4. The van der Waals surface area contributed by atoms with Gasteiger partial charge in [-0.1, -0.05) is 25.0 Å². The number of imidazole rings is 1. The minimum atomic E-state index is -0.509. The number of rotatable bonds is 4. The molecular weight excluding hydrogens is 366 g/mol. The average Bonchev–Trinajstić information content (AvgIpc) is 3.40. The van der Waals surface area contributed by atoms with Crippen LogP contribution in [0.5, 0.6) is 11.5 Å². The zero-order valence-corrected chi connectivity index (χ0v) is 16.6. The highest BCUT2D eigenvalue weighted by Crippen LogP contribution is 2.44. The first-order valence-electron chi connectivity index (χ1n) is 10.3. The smallest absolute Gasteiger partial charge is 0.230 e. The quantitative estimate of drug-likeness (QED) is 0.739. The number of nitrogens with zero attached hydrogens (tertiary/aromatic N) is 2. The summed E-state index contributed by atoms with van der Waals surface area (Å²) in [4.78, 5) is 18.0. The van der Waals surface area contributed by atoms with Crippen molar-refractivity contribution in [1.82, 2.24) is 14.7 Å². The third kappa shape index (κ3) is 3.12. The number of ether oxygens (including phenoxy) is 2. The van der Waals surface area contributed by atoms with E-state index in [9.17, 15) is 4.79 Å². The fourth-order valence-corrected chi connectivity index (χ4v) is 4.59. The zero-order valence-electron chi connectivity index (χ0n) is 16.6. The van der Waals surface area contributed by atoms with Crippen LogP contribution in [0.3, 0.4) is 0 Å². The molecule has 5 rings (SSSR count). The molecule has 0 spiro atoms. The normalized spacial score (nSPS) is 17.4. The van der Waals surface area contributed by atoms with Crippen molar-refractivity contribution < 1.29 is 14.3 Å². The highest BCUT2D eigenvalue weighted by atomic mass is 16.6. The molecule has 1 aliphatic carbocycles. The molecule has 0 saturated heterocycles. The maximum absolute atomic E-state index is 13.4. The summed E-state index contributed by atoms with van der Waals surface area (Å²) < 4.78 is 13.4. The Balaban J connectivity index is 1.39. The van der Waals surface area contributed by atoms with Gasteiger partial charge in [-0.25, -0.2) is 4.98 Å². The molecular formula is C23H25N3O3. The summed E-state index contributed by atoms with van der Waals surface area (Å²) in [5, 5.41) is 3.15. The molecule has 1 N–H and O–H groups in total. The van der Waals surface area contributed by atoms with Crippen molar-refractivity contribution >= 4 is 11.6 Å². The Kier molecular flexibility index (Phi) is 4.42. The second kappa shape index (κ2) is 7.10. The molecule has 1 fully saturated rings. The number of nitrogens with one attached hydrogen (secondary N) is 1. The zero-order chi connectivity index (χ0) is 19.8. The van der Waals surface area contributed by atoms with Gasteiger partial charge in [0.25, 0.3) is 0 Å². The molecule has 3 aromatic rings. The summed E-state index contributed by atoms with van der Waals surface area (Å²) in [5.41, 5.74) is 3.39. The van der Waals surface area contributed by atoms with Gasteiger partial charge in [0.05, 0.1) is 17.7 Å². The van der Waals surface area contributed by atoms with E-state index < -0.39 is 5.41 Å². The van der Waals surface area contributed by atoms with E-state index >= 15 is 0 Å². The molecule has 150 valence electrons. The Bertz CT molecular complexity index is 1070. The lowest BCUT2D eigenvalue weighted by Gasteiger charge is -2.29. The number of carbonyl (C=O) groups is 1. The first-order valence-corrected chi connectivity index (χ1v) is 10.3. The predicted octanol–water partition coefficient (Wildman–Crippen LogP) is 3.54. The second-order valence-corrected chi connectivity index (χ2v) is 7.96. The fraction of sp³-hybridized carbons (Fsp3) is 0.391. The molecule has 2 aromatic heterocycles. The van der Waals surface area contributed by atoms with Crippen molar-refractivity contribution in [3.63, 3.8) is 0 Å². The number of fused-ring (bicyclic) bond motifs is 2. The monoisotopic (exact) mass is 391 g/mol. The van der Waals surface area contributed by atoms with E-state index in [0.717, 1.165) is 59.8 Å². The van der Waals surface area contributed by atoms with Gasteiger partial charge in [0, 0.05) is 11.9 Å². The van der Waals surface area contributed by atoms with Crippen molar-refractivity contribution in [3.8, 4) is 11.5 Å². The largest absolute Gasteiger partial charge is 0.486 e. The van der Waals surface area contributed by atoms with E-state index in [4.69, 9.17) is 9.47 Å². The van der Waals surface area contributed by atoms with Crippen LogP contribution in [-0.2, 0) is 16.8 Å². The summed E-state index contributed by atoms with van der Waals surface area (Å²) >= 11 is 0. The van der Waals surface area contributed by atoms with Crippen molar-refractivity contribution in [2.75, 3.05) is 13.2 Å². The number of hydrogen-bond acceptors (Lipinski definition) is 4. The minimum absolute atomic E-state index is 0.0699. The van der Waals surface area contributed by atoms with Gasteiger partial charge in [0.15, 0.2) is 11.5 Å². The highest BCUT2D eigenvalue weighted by molar-refractivity contribution is 5.88. The SMILES string of the molecule is Cc1cccc2nc(CNC(=O)C3(c4ccc5c(c4)OCCO5)CCCC3)cn12. The van der Waals surface area contributed by atoms with Gasteiger partial charge in [-0.15, -0.1) is 0 Å². The highest BCUT2D eigenvalue weighted by Gasteiger charge is 2.43. The van der Waals surface area contributed by atoms with E-state index in [0.29, 0.717) is 19.8 Å². The third-order valence-corrected chi connectivity index (χ3v) is 6.16. The van der Waals surface area contributed by atoms with Crippen molar-refractivity contribution in [2.45, 2.75) is 44.6 Å². The number of aromatic nitrogens is 2. The van der Waals surface area contributed by atoms with Crippen LogP contribution in [0, 0.1) is 6.92 Å². The lowest BCUT2D eigenvalue weighted by atomic mass is 9.77. The molecule has 29 heavy (non-hydrogen) atoms. The lowest BCUT2D eigenvalue weighted by Crippen LogP contribution is -2.42. The first kappa shape index (κ1) is 18.0. The summed E-state index contributed by atoms with van der Waals surface area (Å²) in [6, 6.07) is 12.0. The standard InChI is InChI=1S/C23H25N3O3/c1-16-5-4-6-21-25-18(15-26(16)21)14-24-22(27)23(9-2-3-10-23)17-7-8-19-20(13-17)29-12-11-28-19/h4-8,13,15H,2-3,9-12,14H2,1H3,(H,24,27).